The van der Waals surface area contributed by atoms with Gasteiger partial charge in [0.15, 0.2) is 0 Å². The molecule has 9 heteroatoms. The summed E-state index contributed by atoms with van der Waals surface area (Å²) in [5.74, 6) is 0.644. The quantitative estimate of drug-likeness (QED) is 0.298. The number of ether oxygens (including phenoxy) is 1. The van der Waals surface area contributed by atoms with E-state index in [1.54, 1.807) is 13.2 Å². The average molecular weight is 571 g/mol. The molecule has 1 aliphatic heterocycles. The van der Waals surface area contributed by atoms with Crippen molar-refractivity contribution in [1.82, 2.24) is 20.2 Å². The van der Waals surface area contributed by atoms with Gasteiger partial charge in [0.1, 0.15) is 16.1 Å². The fraction of sp³-hybridized carbons (Fsp3) is 0.433. The molecule has 1 aromatic carbocycles. The fourth-order valence-corrected chi connectivity index (χ4v) is 5.84. The van der Waals surface area contributed by atoms with Gasteiger partial charge in [0, 0.05) is 56.3 Å². The van der Waals surface area contributed by atoms with Crippen molar-refractivity contribution in [2.24, 2.45) is 0 Å². The summed E-state index contributed by atoms with van der Waals surface area (Å²) in [6.45, 7) is 9.58. The molecular weight excluding hydrogens is 533 g/mol. The van der Waals surface area contributed by atoms with Crippen LogP contribution in [0.2, 0.25) is 10.3 Å². The number of nitrogens with one attached hydrogen (secondary N) is 1. The minimum atomic E-state index is -0.214. The number of hydrogen-bond acceptors (Lipinski definition) is 6. The molecule has 1 saturated heterocycles. The van der Waals surface area contributed by atoms with Crippen LogP contribution in [-0.2, 0) is 6.54 Å². The van der Waals surface area contributed by atoms with E-state index in [0.29, 0.717) is 24.2 Å². The zero-order chi connectivity index (χ0) is 27.9. The van der Waals surface area contributed by atoms with Gasteiger partial charge in [-0.3, -0.25) is 9.78 Å². The van der Waals surface area contributed by atoms with E-state index in [-0.39, 0.29) is 16.2 Å². The predicted octanol–water partition coefficient (Wildman–Crippen LogP) is 6.09. The minimum Gasteiger partial charge on any atom is -0.497 e. The number of nitrogens with zero attached hydrogens (tertiary/aromatic N) is 4. The molecule has 1 N–H and O–H groups in total. The van der Waals surface area contributed by atoms with E-state index >= 15 is 0 Å². The van der Waals surface area contributed by atoms with E-state index < -0.39 is 0 Å². The van der Waals surface area contributed by atoms with Crippen LogP contribution >= 0.6 is 23.2 Å². The Hall–Kier alpha value is -2.87. The summed E-state index contributed by atoms with van der Waals surface area (Å²) in [5.41, 5.74) is 4.79. The highest BCUT2D eigenvalue weighted by Crippen LogP contribution is 2.29. The second-order valence-corrected chi connectivity index (χ2v) is 11.0. The van der Waals surface area contributed by atoms with Crippen molar-refractivity contribution in [2.45, 2.75) is 58.7 Å². The van der Waals surface area contributed by atoms with Crippen LogP contribution in [-0.4, -0.2) is 59.6 Å². The molecule has 3 aromatic rings. The van der Waals surface area contributed by atoms with Gasteiger partial charge in [0.25, 0.3) is 5.91 Å². The zero-order valence-corrected chi connectivity index (χ0v) is 24.6. The van der Waals surface area contributed by atoms with Crippen LogP contribution in [0.5, 0.6) is 5.75 Å². The highest BCUT2D eigenvalue weighted by molar-refractivity contribution is 6.34. The Morgan fingerprint density at radius 1 is 1.15 bits per heavy atom. The van der Waals surface area contributed by atoms with Crippen molar-refractivity contribution in [3.63, 3.8) is 0 Å². The van der Waals surface area contributed by atoms with Gasteiger partial charge in [0.05, 0.1) is 12.7 Å². The van der Waals surface area contributed by atoms with E-state index in [2.05, 4.69) is 57.1 Å². The lowest BCUT2D eigenvalue weighted by atomic mass is 9.99. The molecule has 1 aliphatic rings. The summed E-state index contributed by atoms with van der Waals surface area (Å²) in [4.78, 5) is 26.1. The lowest BCUT2D eigenvalue weighted by molar-refractivity contribution is 0.0944. The molecule has 1 atom stereocenters. The molecule has 39 heavy (non-hydrogen) atoms. The predicted molar refractivity (Wildman–Crippen MR) is 158 cm³/mol. The summed E-state index contributed by atoms with van der Waals surface area (Å²) in [7, 11) is 1.69. The SMILES string of the molecule is COc1ccc(N(Cc2cnccc2C)C2CCN(C(C)CCNC(=O)c3c(C)cc(Cl)nc3Cl)CC2)cc1. The van der Waals surface area contributed by atoms with Gasteiger partial charge in [-0.15, -0.1) is 0 Å². The van der Waals surface area contributed by atoms with Crippen LogP contribution in [0.25, 0.3) is 0 Å². The number of anilines is 1. The van der Waals surface area contributed by atoms with Gasteiger partial charge in [-0.25, -0.2) is 4.98 Å². The summed E-state index contributed by atoms with van der Waals surface area (Å²) < 4.78 is 5.38. The van der Waals surface area contributed by atoms with E-state index in [1.807, 2.05) is 31.5 Å². The summed E-state index contributed by atoms with van der Waals surface area (Å²) in [5, 5.41) is 3.42. The number of methoxy groups -OCH3 is 1. The van der Waals surface area contributed by atoms with Crippen molar-refractivity contribution in [2.75, 3.05) is 31.6 Å². The first kappa shape index (κ1) is 29.1. The molecule has 3 heterocycles. The molecule has 1 amide bonds. The molecule has 1 fully saturated rings. The Bertz CT molecular complexity index is 1240. The summed E-state index contributed by atoms with van der Waals surface area (Å²) >= 11 is 12.1. The van der Waals surface area contributed by atoms with E-state index in [0.717, 1.165) is 50.2 Å². The molecular formula is C30H37Cl2N5O2. The maximum absolute atomic E-state index is 12.7. The second kappa shape index (κ2) is 13.5. The highest BCUT2D eigenvalue weighted by atomic mass is 35.5. The van der Waals surface area contributed by atoms with Gasteiger partial charge in [-0.2, -0.15) is 0 Å². The maximum Gasteiger partial charge on any atom is 0.254 e. The third-order valence-electron chi connectivity index (χ3n) is 7.67. The Morgan fingerprint density at radius 3 is 2.51 bits per heavy atom. The van der Waals surface area contributed by atoms with Crippen molar-refractivity contribution in [3.8, 4) is 5.75 Å². The number of rotatable bonds is 10. The van der Waals surface area contributed by atoms with Gasteiger partial charge >= 0.3 is 0 Å². The summed E-state index contributed by atoms with van der Waals surface area (Å²) in [6, 6.07) is 12.8. The number of halogens is 2. The average Bonchev–Trinajstić information content (AvgIpc) is 2.92. The van der Waals surface area contributed by atoms with Crippen LogP contribution in [0.3, 0.4) is 0 Å². The Balaban J connectivity index is 1.34. The minimum absolute atomic E-state index is 0.135. The standard InChI is InChI=1S/C30H37Cl2N5O2/c1-20-9-13-33-18-23(20)19-37(24-5-7-26(39-4)8-6-24)25-11-15-36(16-12-25)22(3)10-14-34-30(38)28-21(2)17-27(31)35-29(28)32/h5-9,13,17-18,22,25H,10-12,14-16,19H2,1-4H3,(H,34,38). The third-order valence-corrected chi connectivity index (χ3v) is 8.14. The lowest BCUT2D eigenvalue weighted by Crippen LogP contribution is -2.48. The van der Waals surface area contributed by atoms with Crippen molar-refractivity contribution in [3.05, 3.63) is 81.4 Å². The number of benzene rings is 1. The van der Waals surface area contributed by atoms with Crippen LogP contribution in [0.1, 0.15) is 53.2 Å². The number of carbonyl (C=O) groups excluding carboxylic acids is 1. The number of piperidine rings is 1. The molecule has 0 bridgehead atoms. The van der Waals surface area contributed by atoms with Gasteiger partial charge in [-0.05, 0) is 93.1 Å². The fourth-order valence-electron chi connectivity index (χ4n) is 5.22. The third kappa shape index (κ3) is 7.41. The highest BCUT2D eigenvalue weighted by Gasteiger charge is 2.28. The molecule has 0 spiro atoms. The molecule has 208 valence electrons. The smallest absolute Gasteiger partial charge is 0.254 e. The number of pyridine rings is 2. The largest absolute Gasteiger partial charge is 0.497 e. The van der Waals surface area contributed by atoms with Crippen LogP contribution in [0.15, 0.2) is 48.8 Å². The Kier molecular flexibility index (Phi) is 10.1. The first-order valence-electron chi connectivity index (χ1n) is 13.4. The zero-order valence-electron chi connectivity index (χ0n) is 23.1. The summed E-state index contributed by atoms with van der Waals surface area (Å²) in [6.07, 6.45) is 6.80. The maximum atomic E-state index is 12.7. The number of aryl methyl sites for hydroxylation is 2. The van der Waals surface area contributed by atoms with Crippen molar-refractivity contribution >= 4 is 34.8 Å². The van der Waals surface area contributed by atoms with Gasteiger partial charge in [0.2, 0.25) is 0 Å². The molecule has 0 saturated carbocycles. The van der Waals surface area contributed by atoms with E-state index in [1.165, 1.54) is 16.8 Å². The Labute approximate surface area is 241 Å². The normalized spacial score (nSPS) is 15.1. The number of amides is 1. The lowest BCUT2D eigenvalue weighted by Gasteiger charge is -2.42. The molecule has 0 radical (unpaired) electrons. The monoisotopic (exact) mass is 569 g/mol. The van der Waals surface area contributed by atoms with Gasteiger partial charge in [-0.1, -0.05) is 23.2 Å². The van der Waals surface area contributed by atoms with Crippen molar-refractivity contribution < 1.29 is 9.53 Å². The van der Waals surface area contributed by atoms with E-state index in [9.17, 15) is 4.79 Å². The number of aromatic nitrogens is 2. The Morgan fingerprint density at radius 2 is 1.87 bits per heavy atom. The van der Waals surface area contributed by atoms with E-state index in [4.69, 9.17) is 27.9 Å². The van der Waals surface area contributed by atoms with Crippen molar-refractivity contribution in [1.29, 1.82) is 0 Å². The molecule has 1 unspecified atom stereocenters. The van der Waals surface area contributed by atoms with Crippen LogP contribution < -0.4 is 15.0 Å². The first-order chi connectivity index (χ1) is 18.8. The number of carbonyl (C=O) groups is 1. The molecule has 7 nitrogen and oxygen atoms in total. The van der Waals surface area contributed by atoms with Crippen LogP contribution in [0, 0.1) is 13.8 Å². The molecule has 2 aromatic heterocycles. The first-order valence-corrected chi connectivity index (χ1v) is 14.2. The topological polar surface area (TPSA) is 70.6 Å². The van der Waals surface area contributed by atoms with Gasteiger partial charge < -0.3 is 19.9 Å². The molecule has 4 rings (SSSR count). The van der Waals surface area contributed by atoms with Crippen LogP contribution in [0.4, 0.5) is 5.69 Å². The second-order valence-electron chi connectivity index (χ2n) is 10.2. The number of hydrogen-bond donors (Lipinski definition) is 1. The molecule has 0 aliphatic carbocycles. The number of likely N-dealkylation sites (tertiary alicyclic amines) is 1.